The molecule has 4 rings (SSSR count). The van der Waals surface area contributed by atoms with Gasteiger partial charge in [0.05, 0.1) is 19.9 Å². The summed E-state index contributed by atoms with van der Waals surface area (Å²) >= 11 is 3.22. The van der Waals surface area contributed by atoms with Crippen molar-refractivity contribution in [3.63, 3.8) is 0 Å². The zero-order chi connectivity index (χ0) is 22.7. The highest BCUT2D eigenvalue weighted by atomic mass is 32.1. The molecule has 0 bridgehead atoms. The van der Waals surface area contributed by atoms with E-state index in [1.54, 1.807) is 27.6 Å². The van der Waals surface area contributed by atoms with Gasteiger partial charge in [0.25, 0.3) is 5.91 Å². The molecule has 1 aromatic carbocycles. The third-order valence-corrected chi connectivity index (χ3v) is 7.11. The van der Waals surface area contributed by atoms with Crippen LogP contribution in [-0.2, 0) is 9.53 Å². The van der Waals surface area contributed by atoms with Gasteiger partial charge in [-0.2, -0.15) is 13.2 Å². The van der Waals surface area contributed by atoms with Crippen LogP contribution in [0.4, 0.5) is 13.2 Å². The lowest BCUT2D eigenvalue weighted by Gasteiger charge is -2.34. The standard InChI is InChI=1S/C21H24F3N3O3S2/c1-14-25-19-17(32-14)11-16(15-3-10-31-20(15)19)30-12-18(28)27-7-5-26(6-8-27)4-2-9-29-13-21(22,23)24/h3,10-11H,2,4-9,12-13H2,1H3. The first-order valence-corrected chi connectivity index (χ1v) is 12.0. The van der Waals surface area contributed by atoms with Gasteiger partial charge in [-0.15, -0.1) is 22.7 Å². The van der Waals surface area contributed by atoms with Crippen LogP contribution in [0.15, 0.2) is 17.5 Å². The summed E-state index contributed by atoms with van der Waals surface area (Å²) in [7, 11) is 0. The number of thiazole rings is 1. The minimum absolute atomic E-state index is 0.0283. The predicted octanol–water partition coefficient (Wildman–Crippen LogP) is 4.31. The topological polar surface area (TPSA) is 54.9 Å². The number of hydrogen-bond donors (Lipinski definition) is 0. The number of thiophene rings is 1. The Bertz CT molecular complexity index is 1070. The van der Waals surface area contributed by atoms with Crippen molar-refractivity contribution in [3.8, 4) is 5.75 Å². The summed E-state index contributed by atoms with van der Waals surface area (Å²) in [5, 5.41) is 3.96. The number of carbonyl (C=O) groups is 1. The van der Waals surface area contributed by atoms with Gasteiger partial charge in [0, 0.05) is 50.8 Å². The Labute approximate surface area is 191 Å². The van der Waals surface area contributed by atoms with Crippen molar-refractivity contribution in [2.45, 2.75) is 19.5 Å². The largest absolute Gasteiger partial charge is 0.483 e. The van der Waals surface area contributed by atoms with E-state index in [4.69, 9.17) is 4.74 Å². The number of aromatic nitrogens is 1. The third-order valence-electron chi connectivity index (χ3n) is 5.27. The van der Waals surface area contributed by atoms with Crippen LogP contribution in [0.1, 0.15) is 11.4 Å². The van der Waals surface area contributed by atoms with E-state index in [0.29, 0.717) is 44.9 Å². The van der Waals surface area contributed by atoms with Crippen LogP contribution in [0, 0.1) is 6.92 Å². The molecular formula is C21H24F3N3O3S2. The predicted molar refractivity (Wildman–Crippen MR) is 120 cm³/mol. The summed E-state index contributed by atoms with van der Waals surface area (Å²) < 4.78 is 48.9. The van der Waals surface area contributed by atoms with E-state index >= 15 is 0 Å². The number of alkyl halides is 3. The summed E-state index contributed by atoms with van der Waals surface area (Å²) in [6.07, 6.45) is -3.75. The van der Waals surface area contributed by atoms with E-state index < -0.39 is 12.8 Å². The Morgan fingerprint density at radius 2 is 2.03 bits per heavy atom. The summed E-state index contributed by atoms with van der Waals surface area (Å²) in [5.74, 6) is 0.630. The molecule has 0 aliphatic carbocycles. The number of nitrogens with zero attached hydrogens (tertiary/aromatic N) is 3. The van der Waals surface area contributed by atoms with E-state index in [0.717, 1.165) is 25.3 Å². The Hall–Kier alpha value is -1.95. The SMILES string of the molecule is Cc1nc2c(cc(OCC(=O)N3CCN(CCCOCC(F)(F)F)CC3)c3ccsc32)s1. The number of fused-ring (bicyclic) bond motifs is 3. The molecule has 3 heterocycles. The number of rotatable bonds is 8. The van der Waals surface area contributed by atoms with E-state index in [1.807, 2.05) is 24.4 Å². The summed E-state index contributed by atoms with van der Waals surface area (Å²) in [6, 6.07) is 3.95. The molecular weight excluding hydrogens is 463 g/mol. The van der Waals surface area contributed by atoms with Crippen molar-refractivity contribution < 1.29 is 27.4 Å². The first-order chi connectivity index (χ1) is 15.3. The lowest BCUT2D eigenvalue weighted by atomic mass is 10.2. The van der Waals surface area contributed by atoms with E-state index in [1.165, 1.54) is 0 Å². The van der Waals surface area contributed by atoms with Gasteiger partial charge in [-0.3, -0.25) is 9.69 Å². The van der Waals surface area contributed by atoms with Crippen molar-refractivity contribution in [2.24, 2.45) is 0 Å². The van der Waals surface area contributed by atoms with Crippen molar-refractivity contribution in [1.29, 1.82) is 0 Å². The number of amides is 1. The molecule has 11 heteroatoms. The van der Waals surface area contributed by atoms with Gasteiger partial charge in [0.15, 0.2) is 6.61 Å². The monoisotopic (exact) mass is 487 g/mol. The molecule has 6 nitrogen and oxygen atoms in total. The maximum Gasteiger partial charge on any atom is 0.411 e. The number of ether oxygens (including phenoxy) is 2. The van der Waals surface area contributed by atoms with Crippen molar-refractivity contribution in [3.05, 3.63) is 22.5 Å². The molecule has 2 aromatic heterocycles. The highest BCUT2D eigenvalue weighted by Crippen LogP contribution is 2.38. The van der Waals surface area contributed by atoms with Gasteiger partial charge in [-0.1, -0.05) is 0 Å². The first-order valence-electron chi connectivity index (χ1n) is 10.3. The molecule has 1 aliphatic rings. The van der Waals surface area contributed by atoms with Crippen LogP contribution < -0.4 is 4.74 Å². The van der Waals surface area contributed by atoms with Crippen LogP contribution in [0.5, 0.6) is 5.75 Å². The maximum absolute atomic E-state index is 12.7. The summed E-state index contributed by atoms with van der Waals surface area (Å²) in [5.41, 5.74) is 0.983. The molecule has 1 aliphatic heterocycles. The van der Waals surface area contributed by atoms with Crippen LogP contribution in [0.2, 0.25) is 0 Å². The minimum Gasteiger partial charge on any atom is -0.483 e. The highest BCUT2D eigenvalue weighted by molar-refractivity contribution is 7.21. The minimum atomic E-state index is -4.28. The molecule has 0 N–H and O–H groups in total. The molecule has 3 aromatic rings. The summed E-state index contributed by atoms with van der Waals surface area (Å²) in [6.45, 7) is 4.00. The molecule has 0 atom stereocenters. The smallest absolute Gasteiger partial charge is 0.411 e. The molecule has 1 saturated heterocycles. The van der Waals surface area contributed by atoms with Gasteiger partial charge >= 0.3 is 6.18 Å². The lowest BCUT2D eigenvalue weighted by molar-refractivity contribution is -0.174. The second kappa shape index (κ2) is 9.90. The average molecular weight is 488 g/mol. The molecule has 0 saturated carbocycles. The first kappa shape index (κ1) is 23.2. The number of hydrogen-bond acceptors (Lipinski definition) is 7. The fourth-order valence-electron chi connectivity index (χ4n) is 3.74. The summed E-state index contributed by atoms with van der Waals surface area (Å²) in [4.78, 5) is 21.2. The van der Waals surface area contributed by atoms with Crippen LogP contribution >= 0.6 is 22.7 Å². The zero-order valence-corrected chi connectivity index (χ0v) is 19.2. The van der Waals surface area contributed by atoms with Gasteiger partial charge in [0.2, 0.25) is 0 Å². The molecule has 174 valence electrons. The lowest BCUT2D eigenvalue weighted by Crippen LogP contribution is -2.50. The van der Waals surface area contributed by atoms with Crippen molar-refractivity contribution in [2.75, 3.05) is 52.5 Å². The second-order valence-corrected chi connectivity index (χ2v) is 9.80. The molecule has 32 heavy (non-hydrogen) atoms. The van der Waals surface area contributed by atoms with Gasteiger partial charge in [-0.05, 0) is 24.8 Å². The highest BCUT2D eigenvalue weighted by Gasteiger charge is 2.27. The molecule has 0 unspecified atom stereocenters. The van der Waals surface area contributed by atoms with Crippen molar-refractivity contribution >= 4 is 48.9 Å². The number of benzene rings is 1. The Morgan fingerprint density at radius 1 is 1.25 bits per heavy atom. The molecule has 1 fully saturated rings. The fourth-order valence-corrected chi connectivity index (χ4v) is 5.57. The van der Waals surface area contributed by atoms with E-state index in [-0.39, 0.29) is 19.1 Å². The van der Waals surface area contributed by atoms with Crippen LogP contribution in [-0.4, -0.2) is 79.4 Å². The third kappa shape index (κ3) is 5.69. The van der Waals surface area contributed by atoms with E-state index in [2.05, 4.69) is 14.6 Å². The average Bonchev–Trinajstić information content (AvgIpc) is 3.37. The van der Waals surface area contributed by atoms with Crippen LogP contribution in [0.3, 0.4) is 0 Å². The molecule has 1 amide bonds. The molecule has 0 radical (unpaired) electrons. The van der Waals surface area contributed by atoms with Gasteiger partial charge in [0.1, 0.15) is 12.4 Å². The fraction of sp³-hybridized carbons (Fsp3) is 0.524. The Kier molecular flexibility index (Phi) is 7.18. The number of aryl methyl sites for hydroxylation is 1. The molecule has 0 spiro atoms. The van der Waals surface area contributed by atoms with Crippen molar-refractivity contribution in [1.82, 2.24) is 14.8 Å². The number of piperazine rings is 1. The van der Waals surface area contributed by atoms with Crippen LogP contribution in [0.25, 0.3) is 20.3 Å². The van der Waals surface area contributed by atoms with Gasteiger partial charge < -0.3 is 14.4 Å². The zero-order valence-electron chi connectivity index (χ0n) is 17.6. The number of halogens is 3. The Morgan fingerprint density at radius 3 is 2.78 bits per heavy atom. The quantitative estimate of drug-likeness (QED) is 0.443. The normalized spacial score (nSPS) is 15.7. The Balaban J connectivity index is 1.24. The van der Waals surface area contributed by atoms with Gasteiger partial charge in [-0.25, -0.2) is 4.98 Å². The van der Waals surface area contributed by atoms with E-state index in [9.17, 15) is 18.0 Å². The number of carbonyl (C=O) groups excluding carboxylic acids is 1. The maximum atomic E-state index is 12.7. The second-order valence-electron chi connectivity index (χ2n) is 7.65.